The van der Waals surface area contributed by atoms with E-state index < -0.39 is 0 Å². The van der Waals surface area contributed by atoms with E-state index in [2.05, 4.69) is 21.6 Å². The zero-order chi connectivity index (χ0) is 14.4. The molecule has 0 aliphatic carbocycles. The molecule has 0 spiro atoms. The summed E-state index contributed by atoms with van der Waals surface area (Å²) < 4.78 is 5.97. The van der Waals surface area contributed by atoms with Crippen LogP contribution >= 0.6 is 23.1 Å². The van der Waals surface area contributed by atoms with Crippen LogP contribution < -0.4 is 10.1 Å². The van der Waals surface area contributed by atoms with Crippen LogP contribution in [0.1, 0.15) is 6.92 Å². The Kier molecular flexibility index (Phi) is 5.21. The van der Waals surface area contributed by atoms with Gasteiger partial charge in [-0.15, -0.1) is 10.2 Å². The van der Waals surface area contributed by atoms with Gasteiger partial charge in [0.2, 0.25) is 5.13 Å². The van der Waals surface area contributed by atoms with Crippen LogP contribution in [0.3, 0.4) is 0 Å². The summed E-state index contributed by atoms with van der Waals surface area (Å²) in [5.74, 6) is 1.56. The third-order valence-corrected chi connectivity index (χ3v) is 4.66. The molecule has 7 heteroatoms. The highest BCUT2D eigenvalue weighted by Crippen LogP contribution is 2.29. The SMILES string of the molecule is COc1ccc(Nc2nnc(SC[C@@H](C)C#N)s2)cc1. The van der Waals surface area contributed by atoms with Crippen LogP contribution in [0.25, 0.3) is 0 Å². The maximum atomic E-state index is 8.74. The van der Waals surface area contributed by atoms with E-state index in [0.29, 0.717) is 0 Å². The molecule has 0 saturated heterocycles. The second-order valence-corrected chi connectivity index (χ2v) is 6.31. The van der Waals surface area contributed by atoms with Crippen LogP contribution in [-0.4, -0.2) is 23.1 Å². The lowest BCUT2D eigenvalue weighted by molar-refractivity contribution is 0.415. The van der Waals surface area contributed by atoms with Crippen molar-refractivity contribution in [1.82, 2.24) is 10.2 Å². The maximum absolute atomic E-state index is 8.74. The van der Waals surface area contributed by atoms with Gasteiger partial charge in [-0.3, -0.25) is 0 Å². The van der Waals surface area contributed by atoms with Crippen LogP contribution in [0.15, 0.2) is 28.6 Å². The van der Waals surface area contributed by atoms with Crippen molar-refractivity contribution in [2.24, 2.45) is 5.92 Å². The Morgan fingerprint density at radius 2 is 2.15 bits per heavy atom. The number of nitrogens with zero attached hydrogens (tertiary/aromatic N) is 3. The highest BCUT2D eigenvalue weighted by molar-refractivity contribution is 8.01. The van der Waals surface area contributed by atoms with Crippen LogP contribution in [0.5, 0.6) is 5.75 Å². The van der Waals surface area contributed by atoms with E-state index in [1.54, 1.807) is 18.9 Å². The molecule has 5 nitrogen and oxygen atoms in total. The number of anilines is 2. The molecule has 0 unspecified atom stereocenters. The minimum absolute atomic E-state index is 0.0156. The van der Waals surface area contributed by atoms with Gasteiger partial charge in [-0.05, 0) is 31.2 Å². The molecule has 1 aromatic carbocycles. The van der Waals surface area contributed by atoms with E-state index in [1.807, 2.05) is 31.2 Å². The summed E-state index contributed by atoms with van der Waals surface area (Å²) >= 11 is 3.03. The lowest BCUT2D eigenvalue weighted by atomic mass is 10.3. The molecule has 1 N–H and O–H groups in total. The molecule has 1 aromatic heterocycles. The maximum Gasteiger partial charge on any atom is 0.210 e. The van der Waals surface area contributed by atoms with Crippen LogP contribution in [0, 0.1) is 17.2 Å². The third kappa shape index (κ3) is 4.11. The van der Waals surface area contributed by atoms with Gasteiger partial charge in [0.05, 0.1) is 19.1 Å². The predicted molar refractivity (Wildman–Crippen MR) is 81.7 cm³/mol. The van der Waals surface area contributed by atoms with Gasteiger partial charge in [0.1, 0.15) is 5.75 Å². The lowest BCUT2D eigenvalue weighted by Gasteiger charge is -2.03. The molecule has 0 aliphatic heterocycles. The second-order valence-electron chi connectivity index (χ2n) is 4.07. The summed E-state index contributed by atoms with van der Waals surface area (Å²) in [6, 6.07) is 9.81. The predicted octanol–water partition coefficient (Wildman–Crippen LogP) is 3.54. The Hall–Kier alpha value is -1.78. The number of rotatable bonds is 6. The number of hydrogen-bond donors (Lipinski definition) is 1. The number of ether oxygens (including phenoxy) is 1. The summed E-state index contributed by atoms with van der Waals surface area (Å²) in [6.45, 7) is 1.89. The highest BCUT2D eigenvalue weighted by Gasteiger charge is 2.07. The van der Waals surface area contributed by atoms with E-state index in [9.17, 15) is 0 Å². The lowest BCUT2D eigenvalue weighted by Crippen LogP contribution is -1.92. The highest BCUT2D eigenvalue weighted by atomic mass is 32.2. The first-order valence-electron chi connectivity index (χ1n) is 5.98. The fourth-order valence-electron chi connectivity index (χ4n) is 1.35. The van der Waals surface area contributed by atoms with Crippen molar-refractivity contribution < 1.29 is 4.74 Å². The molecule has 0 amide bonds. The summed E-state index contributed by atoms with van der Waals surface area (Å²) in [7, 11) is 1.64. The first-order valence-corrected chi connectivity index (χ1v) is 7.78. The normalized spacial score (nSPS) is 11.7. The van der Waals surface area contributed by atoms with Crippen molar-refractivity contribution in [3.8, 4) is 11.8 Å². The minimum Gasteiger partial charge on any atom is -0.497 e. The smallest absolute Gasteiger partial charge is 0.210 e. The molecule has 1 atom stereocenters. The summed E-state index contributed by atoms with van der Waals surface area (Å²) in [4.78, 5) is 0. The van der Waals surface area contributed by atoms with Crippen LogP contribution in [0.2, 0.25) is 0 Å². The molecule has 0 bridgehead atoms. The average Bonchev–Trinajstić information content (AvgIpc) is 2.93. The monoisotopic (exact) mass is 306 g/mol. The van der Waals surface area contributed by atoms with Crippen molar-refractivity contribution in [3.63, 3.8) is 0 Å². The molecule has 104 valence electrons. The Morgan fingerprint density at radius 3 is 2.80 bits per heavy atom. The fourth-order valence-corrected chi connectivity index (χ4v) is 3.09. The third-order valence-electron chi connectivity index (χ3n) is 2.42. The van der Waals surface area contributed by atoms with Gasteiger partial charge in [-0.1, -0.05) is 23.1 Å². The van der Waals surface area contributed by atoms with E-state index >= 15 is 0 Å². The molecule has 1 heterocycles. The van der Waals surface area contributed by atoms with Crippen LogP contribution in [0.4, 0.5) is 10.8 Å². The van der Waals surface area contributed by atoms with Gasteiger partial charge in [0, 0.05) is 11.4 Å². The van der Waals surface area contributed by atoms with Crippen molar-refractivity contribution in [3.05, 3.63) is 24.3 Å². The van der Waals surface area contributed by atoms with Gasteiger partial charge >= 0.3 is 0 Å². The van der Waals surface area contributed by atoms with Crippen molar-refractivity contribution in [2.75, 3.05) is 18.2 Å². The zero-order valence-corrected chi connectivity index (χ0v) is 12.8. The molecule has 0 aliphatic rings. The number of aromatic nitrogens is 2. The Labute approximate surface area is 126 Å². The number of thioether (sulfide) groups is 1. The summed E-state index contributed by atoms with van der Waals surface area (Å²) in [5, 5.41) is 20.8. The molecule has 20 heavy (non-hydrogen) atoms. The van der Waals surface area contributed by atoms with Crippen LogP contribution in [-0.2, 0) is 0 Å². The Balaban J connectivity index is 1.93. The molecule has 0 saturated carbocycles. The van der Waals surface area contributed by atoms with Gasteiger partial charge in [0.15, 0.2) is 4.34 Å². The molecule has 2 aromatic rings. The molecule has 0 radical (unpaired) electrons. The Bertz CT molecular complexity index is 591. The number of methoxy groups -OCH3 is 1. The van der Waals surface area contributed by atoms with Gasteiger partial charge in [-0.25, -0.2) is 0 Å². The van der Waals surface area contributed by atoms with Gasteiger partial charge < -0.3 is 10.1 Å². The molecule has 2 rings (SSSR count). The standard InChI is InChI=1S/C13H14N4OS2/c1-9(7-14)8-19-13-17-16-12(20-13)15-10-3-5-11(18-2)6-4-10/h3-6,9H,8H2,1-2H3,(H,15,16)/t9-/m0/s1. The number of benzene rings is 1. The Morgan fingerprint density at radius 1 is 1.40 bits per heavy atom. The average molecular weight is 306 g/mol. The largest absolute Gasteiger partial charge is 0.497 e. The molecule has 0 fully saturated rings. The van der Waals surface area contributed by atoms with E-state index in [4.69, 9.17) is 10.00 Å². The minimum atomic E-state index is 0.0156. The quantitative estimate of drug-likeness (QED) is 0.823. The number of nitriles is 1. The van der Waals surface area contributed by atoms with Gasteiger partial charge in [-0.2, -0.15) is 5.26 Å². The molecular formula is C13H14N4OS2. The van der Waals surface area contributed by atoms with Crippen molar-refractivity contribution in [2.45, 2.75) is 11.3 Å². The fraction of sp³-hybridized carbons (Fsp3) is 0.308. The first-order chi connectivity index (χ1) is 9.71. The van der Waals surface area contributed by atoms with Gasteiger partial charge in [0.25, 0.3) is 0 Å². The first kappa shape index (κ1) is 14.6. The molecular weight excluding hydrogens is 292 g/mol. The van der Waals surface area contributed by atoms with E-state index in [1.165, 1.54) is 11.3 Å². The van der Waals surface area contributed by atoms with Crippen molar-refractivity contribution in [1.29, 1.82) is 5.26 Å². The summed E-state index contributed by atoms with van der Waals surface area (Å²) in [5.41, 5.74) is 0.934. The van der Waals surface area contributed by atoms with E-state index in [0.717, 1.165) is 26.7 Å². The topological polar surface area (TPSA) is 70.8 Å². The zero-order valence-electron chi connectivity index (χ0n) is 11.2. The second kappa shape index (κ2) is 7.12. The van der Waals surface area contributed by atoms with Crippen molar-refractivity contribution >= 4 is 33.9 Å². The number of hydrogen-bond acceptors (Lipinski definition) is 7. The summed E-state index contributed by atoms with van der Waals surface area (Å²) in [6.07, 6.45) is 0. The number of nitrogens with one attached hydrogen (secondary N) is 1. The van der Waals surface area contributed by atoms with E-state index in [-0.39, 0.29) is 5.92 Å².